The lowest BCUT2D eigenvalue weighted by molar-refractivity contribution is 0.576. The third-order valence-electron chi connectivity index (χ3n) is 7.67. The Kier molecular flexibility index (Phi) is 9.07. The Balaban J connectivity index is 2.02. The Bertz CT molecular complexity index is 1230. The highest BCUT2D eigenvalue weighted by atomic mass is 14.2. The van der Waals surface area contributed by atoms with E-state index in [1.54, 1.807) is 0 Å². The molecule has 3 rings (SSSR count). The van der Waals surface area contributed by atoms with Crippen LogP contribution in [0.3, 0.4) is 0 Å². The second kappa shape index (κ2) is 11.4. The van der Waals surface area contributed by atoms with Gasteiger partial charge in [0.05, 0.1) is 0 Å². The summed E-state index contributed by atoms with van der Waals surface area (Å²) in [5, 5.41) is 0. The predicted octanol–water partition coefficient (Wildman–Crippen LogP) is 10.7. The topological polar surface area (TPSA) is 0 Å². The molecule has 0 N–H and O–H groups in total. The molecule has 3 aromatic rings. The molecule has 0 aliphatic carbocycles. The van der Waals surface area contributed by atoms with Crippen LogP contribution in [-0.4, -0.2) is 0 Å². The number of rotatable bonds is 7. The molecule has 0 saturated carbocycles. The minimum absolute atomic E-state index is 0.115. The lowest BCUT2D eigenvalue weighted by Gasteiger charge is -2.24. The summed E-state index contributed by atoms with van der Waals surface area (Å²) in [4.78, 5) is 0. The van der Waals surface area contributed by atoms with Crippen molar-refractivity contribution < 1.29 is 0 Å². The lowest BCUT2D eigenvalue weighted by Crippen LogP contribution is -2.14. The maximum atomic E-state index is 2.47. The average molecular weight is 511 g/mol. The number of aryl methyl sites for hydroxylation is 2. The third-order valence-corrected chi connectivity index (χ3v) is 7.67. The van der Waals surface area contributed by atoms with Gasteiger partial charge in [0, 0.05) is 0 Å². The SMILES string of the molecule is Cc1cc(Cc2cc(Cc3cc(CCC(C)C)cc(C(C)(C)C)c3)cc(C(C)(C)C)c2)cc(C(C)(C)C)c1. The smallest absolute Gasteiger partial charge is 0.00254 e. The highest BCUT2D eigenvalue weighted by molar-refractivity contribution is 5.43. The molecule has 0 spiro atoms. The summed E-state index contributed by atoms with van der Waals surface area (Å²) >= 11 is 0. The Morgan fingerprint density at radius 3 is 1.21 bits per heavy atom. The fourth-order valence-corrected chi connectivity index (χ4v) is 5.17. The Labute approximate surface area is 235 Å². The van der Waals surface area contributed by atoms with Gasteiger partial charge < -0.3 is 0 Å². The van der Waals surface area contributed by atoms with Crippen LogP contribution in [-0.2, 0) is 35.5 Å². The molecule has 206 valence electrons. The van der Waals surface area contributed by atoms with Gasteiger partial charge in [0.25, 0.3) is 0 Å². The van der Waals surface area contributed by atoms with Crippen molar-refractivity contribution in [2.75, 3.05) is 0 Å². The highest BCUT2D eigenvalue weighted by Gasteiger charge is 2.19. The maximum absolute atomic E-state index is 2.47. The lowest BCUT2D eigenvalue weighted by atomic mass is 9.81. The summed E-state index contributed by atoms with van der Waals surface area (Å²) < 4.78 is 0. The maximum Gasteiger partial charge on any atom is -0.00254 e. The second-order valence-corrected chi connectivity index (χ2v) is 15.3. The van der Waals surface area contributed by atoms with Gasteiger partial charge in [-0.3, -0.25) is 0 Å². The number of hydrogen-bond acceptors (Lipinski definition) is 0. The molecule has 0 radical (unpaired) electrons. The zero-order valence-electron chi connectivity index (χ0n) is 26.6. The van der Waals surface area contributed by atoms with Crippen molar-refractivity contribution in [3.8, 4) is 0 Å². The molecule has 0 saturated heterocycles. The molecule has 0 bridgehead atoms. The van der Waals surface area contributed by atoms with Crippen LogP contribution in [0.2, 0.25) is 0 Å². The zero-order valence-corrected chi connectivity index (χ0v) is 26.6. The van der Waals surface area contributed by atoms with Gasteiger partial charge in [0.1, 0.15) is 0 Å². The van der Waals surface area contributed by atoms with E-state index in [1.807, 2.05) is 0 Å². The Morgan fingerprint density at radius 1 is 0.474 bits per heavy atom. The van der Waals surface area contributed by atoms with Crippen LogP contribution < -0.4 is 0 Å². The van der Waals surface area contributed by atoms with E-state index in [0.29, 0.717) is 0 Å². The Hall–Kier alpha value is -2.34. The van der Waals surface area contributed by atoms with E-state index in [1.165, 1.54) is 56.5 Å². The standard InChI is InChI=1S/C38H54/c1-26(2)13-14-28-17-30(23-34(21-28)37(7,8)9)19-32-20-31(24-35(25-32)38(10,11)12)18-29-15-27(3)16-33(22-29)36(4,5)6/h15-17,20-26H,13-14,18-19H2,1-12H3. The van der Waals surface area contributed by atoms with Gasteiger partial charge in [0.2, 0.25) is 0 Å². The van der Waals surface area contributed by atoms with E-state index in [-0.39, 0.29) is 16.2 Å². The molecule has 0 atom stereocenters. The monoisotopic (exact) mass is 510 g/mol. The summed E-state index contributed by atoms with van der Waals surface area (Å²) in [6.45, 7) is 27.8. The van der Waals surface area contributed by atoms with Crippen LogP contribution in [0.5, 0.6) is 0 Å². The van der Waals surface area contributed by atoms with Crippen molar-refractivity contribution in [3.05, 3.63) is 105 Å². The van der Waals surface area contributed by atoms with Gasteiger partial charge in [-0.15, -0.1) is 0 Å². The molecule has 0 aromatic heterocycles. The van der Waals surface area contributed by atoms with Crippen LogP contribution in [0.15, 0.2) is 54.6 Å². The van der Waals surface area contributed by atoms with E-state index in [0.717, 1.165) is 25.2 Å². The molecule has 0 amide bonds. The zero-order chi connectivity index (χ0) is 28.5. The largest absolute Gasteiger partial charge is 0.0628 e. The quantitative estimate of drug-likeness (QED) is 0.296. The first kappa shape index (κ1) is 30.2. The van der Waals surface area contributed by atoms with E-state index in [4.69, 9.17) is 0 Å². The third kappa shape index (κ3) is 8.59. The Morgan fingerprint density at radius 2 is 0.816 bits per heavy atom. The van der Waals surface area contributed by atoms with Gasteiger partial charge in [-0.25, -0.2) is 0 Å². The van der Waals surface area contributed by atoms with Gasteiger partial charge in [-0.1, -0.05) is 136 Å². The van der Waals surface area contributed by atoms with E-state index < -0.39 is 0 Å². The summed E-state index contributed by atoms with van der Waals surface area (Å²) in [5.41, 5.74) is 13.3. The molecular weight excluding hydrogens is 456 g/mol. The fourth-order valence-electron chi connectivity index (χ4n) is 5.17. The van der Waals surface area contributed by atoms with Crippen LogP contribution in [0.4, 0.5) is 0 Å². The van der Waals surface area contributed by atoms with Crippen molar-refractivity contribution >= 4 is 0 Å². The van der Waals surface area contributed by atoms with E-state index in [9.17, 15) is 0 Å². The second-order valence-electron chi connectivity index (χ2n) is 15.3. The first-order valence-electron chi connectivity index (χ1n) is 14.8. The molecule has 0 aliphatic heterocycles. The molecule has 0 fully saturated rings. The summed E-state index contributed by atoms with van der Waals surface area (Å²) in [5.74, 6) is 0.725. The molecule has 3 aromatic carbocycles. The van der Waals surface area contributed by atoms with Crippen molar-refractivity contribution in [2.24, 2.45) is 5.92 Å². The van der Waals surface area contributed by atoms with Crippen molar-refractivity contribution in [3.63, 3.8) is 0 Å². The van der Waals surface area contributed by atoms with Crippen molar-refractivity contribution in [1.82, 2.24) is 0 Å². The predicted molar refractivity (Wildman–Crippen MR) is 169 cm³/mol. The number of benzene rings is 3. The van der Waals surface area contributed by atoms with Crippen molar-refractivity contribution in [1.29, 1.82) is 0 Å². The van der Waals surface area contributed by atoms with Crippen LogP contribution in [0.25, 0.3) is 0 Å². The van der Waals surface area contributed by atoms with Crippen molar-refractivity contribution in [2.45, 2.75) is 125 Å². The minimum atomic E-state index is 0.115. The molecule has 0 unspecified atom stereocenters. The van der Waals surface area contributed by atoms with Gasteiger partial charge in [-0.05, 0) is 99.3 Å². The molecular formula is C38H54. The molecule has 38 heavy (non-hydrogen) atoms. The summed E-state index contributed by atoms with van der Waals surface area (Å²) in [7, 11) is 0. The first-order chi connectivity index (χ1) is 17.4. The number of hydrogen-bond donors (Lipinski definition) is 0. The molecule has 0 heterocycles. The van der Waals surface area contributed by atoms with Gasteiger partial charge >= 0.3 is 0 Å². The fraction of sp³-hybridized carbons (Fsp3) is 0.526. The van der Waals surface area contributed by atoms with Crippen LogP contribution in [0, 0.1) is 12.8 Å². The van der Waals surface area contributed by atoms with Crippen LogP contribution >= 0.6 is 0 Å². The molecule has 0 aliphatic rings. The van der Waals surface area contributed by atoms with Gasteiger partial charge in [0.15, 0.2) is 0 Å². The summed E-state index contributed by atoms with van der Waals surface area (Å²) in [6.07, 6.45) is 4.36. The van der Waals surface area contributed by atoms with Crippen LogP contribution in [0.1, 0.15) is 133 Å². The first-order valence-corrected chi connectivity index (χ1v) is 14.8. The highest BCUT2D eigenvalue weighted by Crippen LogP contribution is 2.31. The van der Waals surface area contributed by atoms with Gasteiger partial charge in [-0.2, -0.15) is 0 Å². The molecule has 0 nitrogen and oxygen atoms in total. The molecule has 0 heteroatoms. The minimum Gasteiger partial charge on any atom is -0.0628 e. The normalized spacial score (nSPS) is 12.9. The summed E-state index contributed by atoms with van der Waals surface area (Å²) in [6, 6.07) is 21.9. The van der Waals surface area contributed by atoms with E-state index >= 15 is 0 Å². The van der Waals surface area contributed by atoms with E-state index in [2.05, 4.69) is 138 Å². The average Bonchev–Trinajstić information content (AvgIpc) is 2.75.